The number of rotatable bonds is 2. The van der Waals surface area contributed by atoms with Crippen LogP contribution >= 0.6 is 0 Å². The van der Waals surface area contributed by atoms with Crippen molar-refractivity contribution in [1.29, 1.82) is 5.26 Å². The highest BCUT2D eigenvalue weighted by Gasteiger charge is 2.26. The van der Waals surface area contributed by atoms with E-state index in [9.17, 15) is 8.42 Å². The molecule has 6 heteroatoms. The molecule has 1 aliphatic heterocycles. The van der Waals surface area contributed by atoms with Crippen molar-refractivity contribution in [1.82, 2.24) is 4.31 Å². The Morgan fingerprint density at radius 3 is 2.56 bits per heavy atom. The third-order valence-electron chi connectivity index (χ3n) is 2.93. The summed E-state index contributed by atoms with van der Waals surface area (Å²) in [6.07, 6.45) is 0. The summed E-state index contributed by atoms with van der Waals surface area (Å²) < 4.78 is 31.2. The van der Waals surface area contributed by atoms with Crippen LogP contribution in [0.2, 0.25) is 0 Å². The second kappa shape index (κ2) is 5.06. The van der Waals surface area contributed by atoms with Gasteiger partial charge in [0.25, 0.3) is 0 Å². The second-order valence-electron chi connectivity index (χ2n) is 4.10. The van der Waals surface area contributed by atoms with Crippen molar-refractivity contribution in [2.24, 2.45) is 0 Å². The van der Waals surface area contributed by atoms with E-state index in [0.717, 1.165) is 0 Å². The molecule has 1 aromatic rings. The van der Waals surface area contributed by atoms with Crippen LogP contribution in [0.3, 0.4) is 0 Å². The van der Waals surface area contributed by atoms with Gasteiger partial charge in [-0.05, 0) is 30.7 Å². The summed E-state index contributed by atoms with van der Waals surface area (Å²) in [6.45, 7) is 3.34. The van der Waals surface area contributed by atoms with Gasteiger partial charge in [0.2, 0.25) is 10.0 Å². The van der Waals surface area contributed by atoms with Crippen LogP contribution in [0, 0.1) is 18.3 Å². The molecule has 1 aromatic carbocycles. The van der Waals surface area contributed by atoms with Crippen LogP contribution in [0.15, 0.2) is 23.1 Å². The Balaban J connectivity index is 2.35. The molecule has 0 aliphatic carbocycles. The Morgan fingerprint density at radius 1 is 1.33 bits per heavy atom. The van der Waals surface area contributed by atoms with E-state index >= 15 is 0 Å². The average Bonchev–Trinajstić information content (AvgIpc) is 2.39. The van der Waals surface area contributed by atoms with E-state index in [4.69, 9.17) is 10.00 Å². The summed E-state index contributed by atoms with van der Waals surface area (Å²) in [5.74, 6) is 0. The van der Waals surface area contributed by atoms with Gasteiger partial charge in [-0.1, -0.05) is 0 Å². The summed E-state index contributed by atoms with van der Waals surface area (Å²) in [6, 6.07) is 6.60. The molecule has 0 aromatic heterocycles. The third kappa shape index (κ3) is 2.38. The molecule has 0 saturated carbocycles. The van der Waals surface area contributed by atoms with Crippen LogP contribution in [0.4, 0.5) is 0 Å². The number of nitrogens with zero attached hydrogens (tertiary/aromatic N) is 2. The maximum atomic E-state index is 12.3. The van der Waals surface area contributed by atoms with Gasteiger partial charge in [0.05, 0.1) is 29.7 Å². The van der Waals surface area contributed by atoms with E-state index in [1.165, 1.54) is 10.4 Å². The lowest BCUT2D eigenvalue weighted by Gasteiger charge is -2.26. The number of sulfonamides is 1. The molecule has 0 unspecified atom stereocenters. The first-order valence-electron chi connectivity index (χ1n) is 5.64. The van der Waals surface area contributed by atoms with Crippen LogP contribution in [-0.4, -0.2) is 39.0 Å². The minimum Gasteiger partial charge on any atom is -0.379 e. The van der Waals surface area contributed by atoms with Crippen molar-refractivity contribution in [2.45, 2.75) is 11.8 Å². The Hall–Kier alpha value is -1.42. The van der Waals surface area contributed by atoms with E-state index in [-0.39, 0.29) is 4.90 Å². The first kappa shape index (κ1) is 13.0. The maximum Gasteiger partial charge on any atom is 0.243 e. The number of morpholine rings is 1. The predicted molar refractivity (Wildman–Crippen MR) is 65.5 cm³/mol. The average molecular weight is 266 g/mol. The van der Waals surface area contributed by atoms with Crippen molar-refractivity contribution >= 4 is 10.0 Å². The number of ether oxygens (including phenoxy) is 1. The number of hydrogen-bond donors (Lipinski definition) is 0. The molecule has 0 atom stereocenters. The highest BCUT2D eigenvalue weighted by Crippen LogP contribution is 2.19. The monoisotopic (exact) mass is 266 g/mol. The molecule has 2 rings (SSSR count). The fourth-order valence-electron chi connectivity index (χ4n) is 1.86. The van der Waals surface area contributed by atoms with E-state index in [2.05, 4.69) is 0 Å². The molecule has 0 bridgehead atoms. The van der Waals surface area contributed by atoms with Crippen molar-refractivity contribution < 1.29 is 13.2 Å². The zero-order chi connectivity index (χ0) is 13.2. The molecule has 18 heavy (non-hydrogen) atoms. The van der Waals surface area contributed by atoms with Crippen molar-refractivity contribution in [3.8, 4) is 6.07 Å². The largest absolute Gasteiger partial charge is 0.379 e. The molecular weight excluding hydrogens is 252 g/mol. The van der Waals surface area contributed by atoms with E-state index in [1.807, 2.05) is 6.07 Å². The lowest BCUT2D eigenvalue weighted by Crippen LogP contribution is -2.40. The number of benzene rings is 1. The summed E-state index contributed by atoms with van der Waals surface area (Å²) in [5.41, 5.74) is 1.17. The Morgan fingerprint density at radius 2 is 2.00 bits per heavy atom. The summed E-state index contributed by atoms with van der Waals surface area (Å²) in [7, 11) is -3.47. The Labute approximate surface area is 107 Å². The van der Waals surface area contributed by atoms with Crippen LogP contribution in [0.25, 0.3) is 0 Å². The van der Waals surface area contributed by atoms with Gasteiger partial charge in [0.15, 0.2) is 0 Å². The molecule has 96 valence electrons. The highest BCUT2D eigenvalue weighted by molar-refractivity contribution is 7.89. The summed E-state index contributed by atoms with van der Waals surface area (Å²) in [5, 5.41) is 8.83. The zero-order valence-electron chi connectivity index (χ0n) is 10.1. The number of hydrogen-bond acceptors (Lipinski definition) is 4. The molecule has 1 saturated heterocycles. The lowest BCUT2D eigenvalue weighted by molar-refractivity contribution is 0.0730. The molecule has 0 N–H and O–H groups in total. The van der Waals surface area contributed by atoms with E-state index < -0.39 is 10.0 Å². The second-order valence-corrected chi connectivity index (χ2v) is 6.04. The van der Waals surface area contributed by atoms with E-state index in [0.29, 0.717) is 37.4 Å². The summed E-state index contributed by atoms with van der Waals surface area (Å²) >= 11 is 0. The van der Waals surface area contributed by atoms with Gasteiger partial charge in [0, 0.05) is 13.1 Å². The van der Waals surface area contributed by atoms with Gasteiger partial charge in [-0.15, -0.1) is 0 Å². The predicted octanol–water partition coefficient (Wildman–Crippen LogP) is 0.888. The van der Waals surface area contributed by atoms with Gasteiger partial charge >= 0.3 is 0 Å². The molecular formula is C12H14N2O3S. The fourth-order valence-corrected chi connectivity index (χ4v) is 3.35. The van der Waals surface area contributed by atoms with Gasteiger partial charge in [0.1, 0.15) is 0 Å². The quantitative estimate of drug-likeness (QED) is 0.797. The smallest absolute Gasteiger partial charge is 0.243 e. The normalized spacial score (nSPS) is 17.3. The van der Waals surface area contributed by atoms with Crippen LogP contribution in [-0.2, 0) is 14.8 Å². The van der Waals surface area contributed by atoms with Crippen molar-refractivity contribution in [3.05, 3.63) is 29.3 Å². The Bertz CT molecular complexity index is 584. The topological polar surface area (TPSA) is 70.4 Å². The first-order valence-corrected chi connectivity index (χ1v) is 7.08. The van der Waals surface area contributed by atoms with E-state index in [1.54, 1.807) is 19.1 Å². The van der Waals surface area contributed by atoms with Gasteiger partial charge in [-0.25, -0.2) is 8.42 Å². The molecule has 1 aliphatic rings. The Kier molecular flexibility index (Phi) is 3.66. The number of aryl methyl sites for hydroxylation is 1. The lowest BCUT2D eigenvalue weighted by atomic mass is 10.1. The van der Waals surface area contributed by atoms with Crippen molar-refractivity contribution in [2.75, 3.05) is 26.3 Å². The minimum absolute atomic E-state index is 0.237. The third-order valence-corrected chi connectivity index (χ3v) is 4.82. The van der Waals surface area contributed by atoms with Crippen LogP contribution in [0.1, 0.15) is 11.1 Å². The fraction of sp³-hybridized carbons (Fsp3) is 0.417. The van der Waals surface area contributed by atoms with Crippen LogP contribution in [0.5, 0.6) is 0 Å². The van der Waals surface area contributed by atoms with Gasteiger partial charge in [-0.3, -0.25) is 0 Å². The standard InChI is InChI=1S/C12H14N2O3S/c1-10-8-12(3-2-11(10)9-13)18(15,16)14-4-6-17-7-5-14/h2-3,8H,4-7H2,1H3. The molecule has 1 heterocycles. The van der Waals surface area contributed by atoms with Crippen molar-refractivity contribution in [3.63, 3.8) is 0 Å². The SMILES string of the molecule is Cc1cc(S(=O)(=O)N2CCOCC2)ccc1C#N. The van der Waals surface area contributed by atoms with Gasteiger partial charge < -0.3 is 4.74 Å². The number of nitriles is 1. The zero-order valence-corrected chi connectivity index (χ0v) is 10.9. The van der Waals surface area contributed by atoms with Crippen LogP contribution < -0.4 is 0 Å². The first-order chi connectivity index (χ1) is 8.55. The minimum atomic E-state index is -3.47. The molecule has 0 radical (unpaired) electrons. The molecule has 0 spiro atoms. The maximum absolute atomic E-state index is 12.3. The van der Waals surface area contributed by atoms with Gasteiger partial charge in [-0.2, -0.15) is 9.57 Å². The molecule has 1 fully saturated rings. The summed E-state index contributed by atoms with van der Waals surface area (Å²) in [4.78, 5) is 0.237. The highest BCUT2D eigenvalue weighted by atomic mass is 32.2. The molecule has 5 nitrogen and oxygen atoms in total. The molecule has 0 amide bonds.